The van der Waals surface area contributed by atoms with Gasteiger partial charge < -0.3 is 20.1 Å². The van der Waals surface area contributed by atoms with Crippen LogP contribution in [0.4, 0.5) is 0 Å². The minimum atomic E-state index is -3.57. The third kappa shape index (κ3) is 25.8. The van der Waals surface area contributed by atoms with Crippen molar-refractivity contribution in [3.05, 3.63) is 0 Å². The molecule has 0 aliphatic rings. The summed E-state index contributed by atoms with van der Waals surface area (Å²) in [5.74, 6) is 0. The van der Waals surface area contributed by atoms with Gasteiger partial charge in [-0.05, 0) is 12.7 Å². The molecule has 4 heteroatoms. The Morgan fingerprint density at radius 3 is 2.00 bits per heavy atom. The Labute approximate surface area is 88.5 Å². The molecule has 0 radical (unpaired) electrons. The summed E-state index contributed by atoms with van der Waals surface area (Å²) < 4.78 is 104. The molecule has 0 aromatic carbocycles. The minimum absolute atomic E-state index is 3.23. The van der Waals surface area contributed by atoms with Crippen LogP contribution in [0.5, 0.6) is 0 Å². The van der Waals surface area contributed by atoms with E-state index in [9.17, 15) is 0 Å². The predicted octanol–water partition coefficient (Wildman–Crippen LogP) is -0.624. The highest BCUT2D eigenvalue weighted by Crippen LogP contribution is 1.72. The van der Waals surface area contributed by atoms with E-state index in [1.165, 1.54) is 0 Å². The van der Waals surface area contributed by atoms with E-state index in [4.69, 9.17) is 35.9 Å². The Morgan fingerprint density at radius 1 is 1.18 bits per heavy atom. The Morgan fingerprint density at radius 2 is 1.73 bits per heavy atom. The van der Waals surface area contributed by atoms with Crippen molar-refractivity contribution in [2.75, 3.05) is 33.3 Å². The molecule has 0 spiro atoms. The molecular formula is C7H18O4. The second-order valence-electron chi connectivity index (χ2n) is 0.790. The second kappa shape index (κ2) is 16.4. The molecule has 0 aromatic heterocycles. The molecule has 70 valence electrons. The Balaban J connectivity index is 0. The first-order valence-corrected chi connectivity index (χ1v) is 2.08. The third-order valence-corrected chi connectivity index (χ3v) is 0.270. The highest BCUT2D eigenvalue weighted by molar-refractivity contribution is 4.25. The highest BCUT2D eigenvalue weighted by atomic mass is 16.5. The van der Waals surface area contributed by atoms with Crippen LogP contribution in [-0.4, -0.2) is 48.6 Å². The number of ether oxygens (including phenoxy) is 1. The molecule has 0 unspecified atom stereocenters. The van der Waals surface area contributed by atoms with Crippen LogP contribution >= 0.6 is 0 Å². The van der Waals surface area contributed by atoms with Gasteiger partial charge in [-0.3, -0.25) is 0 Å². The SMILES string of the molecule is [2H]C([2H])(O)C([2H])([2H])C([2H])([2H])O.[2H]C([2H])([2H])OC([2H])([2H])C([2H])([2H])C([2H])([2H])O. The smallest absolute Gasteiger partial charge is 0.0567 e. The van der Waals surface area contributed by atoms with E-state index >= 15 is 0 Å². The fourth-order valence-corrected chi connectivity index (χ4v) is 0.0733. The van der Waals surface area contributed by atoms with Gasteiger partial charge in [0.1, 0.15) is 0 Å². The highest BCUT2D eigenvalue weighted by Gasteiger charge is 1.75. The molecule has 0 heterocycles. The molecule has 0 atom stereocenters. The van der Waals surface area contributed by atoms with Gasteiger partial charge in [0.2, 0.25) is 0 Å². The molecule has 0 amide bonds. The van der Waals surface area contributed by atoms with E-state index in [-0.39, 0.29) is 0 Å². The average molecular weight is 181 g/mol. The van der Waals surface area contributed by atoms with E-state index in [0.717, 1.165) is 0 Å². The third-order valence-electron chi connectivity index (χ3n) is 0.270. The van der Waals surface area contributed by atoms with E-state index < -0.39 is 46.0 Å². The van der Waals surface area contributed by atoms with Crippen LogP contribution in [0.3, 0.4) is 0 Å². The lowest BCUT2D eigenvalue weighted by Crippen LogP contribution is -1.90. The summed E-state index contributed by atoms with van der Waals surface area (Å²) in [6.45, 7) is -13.9. The van der Waals surface area contributed by atoms with Crippen LogP contribution in [0.2, 0.25) is 0 Å². The number of methoxy groups -OCH3 is 1. The number of hydrogen-bond donors (Lipinski definition) is 3. The molecule has 0 aliphatic heterocycles. The van der Waals surface area contributed by atoms with Crippen molar-refractivity contribution in [2.45, 2.75) is 12.7 Å². The largest absolute Gasteiger partial charge is 0.396 e. The molecule has 0 fully saturated rings. The van der Waals surface area contributed by atoms with Gasteiger partial charge >= 0.3 is 0 Å². The zero-order valence-corrected chi connectivity index (χ0v) is 5.25. The first-order chi connectivity index (χ1) is 10.7. The van der Waals surface area contributed by atoms with E-state index in [1.807, 2.05) is 0 Å². The molecule has 3 N–H and O–H groups in total. The zero-order valence-electron chi connectivity index (χ0n) is 20.2. The number of aliphatic hydroxyl groups is 3. The second-order valence-corrected chi connectivity index (χ2v) is 0.790. The van der Waals surface area contributed by atoms with Crippen molar-refractivity contribution >= 4 is 0 Å². The van der Waals surface area contributed by atoms with Gasteiger partial charge in [0.25, 0.3) is 0 Å². The van der Waals surface area contributed by atoms with Gasteiger partial charge in [0.05, 0.1) is 15.1 Å². The van der Waals surface area contributed by atoms with Crippen LogP contribution < -0.4 is 0 Å². The maximum Gasteiger partial charge on any atom is 0.0567 e. The van der Waals surface area contributed by atoms with Crippen LogP contribution in [0.1, 0.15) is 33.3 Å². The lowest BCUT2D eigenvalue weighted by molar-refractivity contribution is 0.166. The standard InChI is InChI=1S/C4H10O2.C3H8O2/c1-6-4-2-3-5;4-2-1-3-5/h5H,2-4H2,1H3;4-5H,1-3H2/i1D3,2D2,3D2,4D2;1D2,2D2,3D2. The maximum atomic E-state index is 8.73. The Kier molecular flexibility index (Phi) is 2.76. The van der Waals surface area contributed by atoms with Gasteiger partial charge in [-0.25, -0.2) is 0 Å². The van der Waals surface area contributed by atoms with Gasteiger partial charge in [0.15, 0.2) is 0 Å². The van der Waals surface area contributed by atoms with Crippen molar-refractivity contribution in [2.24, 2.45) is 0 Å². The molecule has 0 aromatic rings. The van der Waals surface area contributed by atoms with Crippen LogP contribution in [-0.2, 0) is 4.74 Å². The summed E-state index contributed by atoms with van der Waals surface area (Å²) in [5, 5.41) is 25.6. The maximum absolute atomic E-state index is 8.73. The predicted molar refractivity (Wildman–Crippen MR) is 42.4 cm³/mol. The molecule has 0 saturated carbocycles. The van der Waals surface area contributed by atoms with Crippen LogP contribution in [0, 0.1) is 0 Å². The monoisotopic (exact) mass is 181 g/mol. The summed E-state index contributed by atoms with van der Waals surface area (Å²) in [5.41, 5.74) is 0. The van der Waals surface area contributed by atoms with Crippen molar-refractivity contribution in [3.8, 4) is 0 Å². The molecule has 0 saturated heterocycles. The van der Waals surface area contributed by atoms with Crippen LogP contribution in [0.15, 0.2) is 0 Å². The van der Waals surface area contributed by atoms with E-state index in [1.54, 1.807) is 0 Å². The van der Waals surface area contributed by atoms with Gasteiger partial charge in [-0.2, -0.15) is 0 Å². The summed E-state index contributed by atoms with van der Waals surface area (Å²) in [4.78, 5) is 0. The fourth-order valence-electron chi connectivity index (χ4n) is 0.0733. The van der Waals surface area contributed by atoms with E-state index in [2.05, 4.69) is 4.74 Å². The number of hydrogen-bond acceptors (Lipinski definition) is 4. The molecule has 4 nitrogen and oxygen atoms in total. The number of rotatable bonds is 5. The van der Waals surface area contributed by atoms with Crippen molar-refractivity contribution in [1.29, 1.82) is 0 Å². The van der Waals surface area contributed by atoms with Crippen molar-refractivity contribution in [1.82, 2.24) is 0 Å². The van der Waals surface area contributed by atoms with Gasteiger partial charge in [-0.1, -0.05) is 0 Å². The Hall–Kier alpha value is -0.160. The summed E-state index contributed by atoms with van der Waals surface area (Å²) >= 11 is 0. The summed E-state index contributed by atoms with van der Waals surface area (Å²) in [7, 11) is -3.23. The van der Waals surface area contributed by atoms with Gasteiger partial charge in [-0.15, -0.1) is 0 Å². The average Bonchev–Trinajstić information content (AvgIpc) is 2.21. The summed E-state index contributed by atoms with van der Waals surface area (Å²) in [6, 6.07) is 0. The molecule has 0 rings (SSSR count). The fraction of sp³-hybridized carbons (Fsp3) is 1.00. The zero-order chi connectivity index (χ0) is 22.2. The quantitative estimate of drug-likeness (QED) is 0.528. The lowest BCUT2D eigenvalue weighted by atomic mass is 10.5. The van der Waals surface area contributed by atoms with Gasteiger partial charge in [0, 0.05) is 38.8 Å². The summed E-state index contributed by atoms with van der Waals surface area (Å²) in [6.07, 6.45) is -6.87. The molecule has 0 aliphatic carbocycles. The van der Waals surface area contributed by atoms with Crippen molar-refractivity contribution < 1.29 is 40.6 Å². The van der Waals surface area contributed by atoms with E-state index in [0.29, 0.717) is 0 Å². The lowest BCUT2D eigenvalue weighted by Gasteiger charge is -1.89. The van der Waals surface area contributed by atoms with Crippen molar-refractivity contribution in [3.63, 3.8) is 0 Å². The minimum Gasteiger partial charge on any atom is -0.396 e. The first kappa shape index (κ1) is 1.85. The molecular weight excluding hydrogens is 148 g/mol. The molecule has 11 heavy (non-hydrogen) atoms. The first-order valence-electron chi connectivity index (χ1n) is 9.58. The molecule has 0 bridgehead atoms. The Bertz CT molecular complexity index is 437. The van der Waals surface area contributed by atoms with Crippen LogP contribution in [0.25, 0.3) is 0 Å². The topological polar surface area (TPSA) is 69.9 Å². The normalized spacial score (nSPS) is 37.9.